The fourth-order valence-corrected chi connectivity index (χ4v) is 2.50. The highest BCUT2D eigenvalue weighted by Gasteiger charge is 2.34. The van der Waals surface area contributed by atoms with Gasteiger partial charge < -0.3 is 9.84 Å². The van der Waals surface area contributed by atoms with Gasteiger partial charge in [-0.1, -0.05) is 37.0 Å². The molecule has 1 N–H and O–H groups in total. The Hall–Kier alpha value is -1.88. The minimum atomic E-state index is -0.248. The molecule has 3 rings (SSSR count). The third-order valence-corrected chi connectivity index (χ3v) is 4.52. The average molecular weight is 334 g/mol. The quantitative estimate of drug-likeness (QED) is 0.867. The van der Waals surface area contributed by atoms with Crippen molar-refractivity contribution in [2.75, 3.05) is 0 Å². The average Bonchev–Trinajstić information content (AvgIpc) is 3.30. The summed E-state index contributed by atoms with van der Waals surface area (Å²) in [4.78, 5) is 16.6. The van der Waals surface area contributed by atoms with Gasteiger partial charge in [-0.2, -0.15) is 4.98 Å². The standard InChI is InChI=1S/C17H20ClN3O2/c1-3-10(2)14(19-16(22)12-4-5-12)17-20-15(21-23-17)11-6-8-13(18)9-7-11/h6-10,12,14H,3-5H2,1-2H3,(H,19,22)/t10-,14-/m0/s1. The molecule has 23 heavy (non-hydrogen) atoms. The van der Waals surface area contributed by atoms with Crippen molar-refractivity contribution in [3.8, 4) is 11.4 Å². The zero-order valence-corrected chi connectivity index (χ0v) is 14.0. The van der Waals surface area contributed by atoms with E-state index in [9.17, 15) is 4.79 Å². The second-order valence-electron chi connectivity index (χ2n) is 6.11. The molecule has 0 aliphatic heterocycles. The lowest BCUT2D eigenvalue weighted by atomic mass is 9.99. The molecule has 0 unspecified atom stereocenters. The first-order valence-corrected chi connectivity index (χ1v) is 8.36. The number of carbonyl (C=O) groups is 1. The van der Waals surface area contributed by atoms with Crippen LogP contribution in [0.2, 0.25) is 5.02 Å². The third kappa shape index (κ3) is 3.72. The van der Waals surface area contributed by atoms with E-state index in [4.69, 9.17) is 16.1 Å². The molecule has 1 aliphatic carbocycles. The number of aromatic nitrogens is 2. The van der Waals surface area contributed by atoms with Crippen LogP contribution in [0.25, 0.3) is 11.4 Å². The van der Waals surface area contributed by atoms with Gasteiger partial charge in [0.1, 0.15) is 6.04 Å². The first-order chi connectivity index (χ1) is 11.1. The first-order valence-electron chi connectivity index (χ1n) is 7.98. The van der Waals surface area contributed by atoms with Crippen LogP contribution in [0.5, 0.6) is 0 Å². The predicted octanol–water partition coefficient (Wildman–Crippen LogP) is 4.00. The van der Waals surface area contributed by atoms with Crippen LogP contribution >= 0.6 is 11.6 Å². The SMILES string of the molecule is CC[C@H](C)[C@H](NC(=O)C1CC1)c1nc(-c2ccc(Cl)cc2)no1. The topological polar surface area (TPSA) is 68.0 Å². The molecule has 1 aromatic heterocycles. The Balaban J connectivity index is 1.81. The lowest BCUT2D eigenvalue weighted by Gasteiger charge is -2.20. The van der Waals surface area contributed by atoms with Crippen LogP contribution in [-0.4, -0.2) is 16.0 Å². The number of amides is 1. The van der Waals surface area contributed by atoms with Crippen LogP contribution in [0.4, 0.5) is 0 Å². The minimum absolute atomic E-state index is 0.0848. The lowest BCUT2D eigenvalue weighted by molar-refractivity contribution is -0.123. The second kappa shape index (κ2) is 6.71. The molecule has 5 nitrogen and oxygen atoms in total. The van der Waals surface area contributed by atoms with Crippen molar-refractivity contribution in [2.24, 2.45) is 11.8 Å². The summed E-state index contributed by atoms with van der Waals surface area (Å²) >= 11 is 5.90. The van der Waals surface area contributed by atoms with Gasteiger partial charge in [-0.15, -0.1) is 0 Å². The number of carbonyl (C=O) groups excluding carboxylic acids is 1. The van der Waals surface area contributed by atoms with Crippen LogP contribution < -0.4 is 5.32 Å². The molecule has 1 amide bonds. The predicted molar refractivity (Wildman–Crippen MR) is 87.8 cm³/mol. The number of hydrogen-bond acceptors (Lipinski definition) is 4. The van der Waals surface area contributed by atoms with Crippen molar-refractivity contribution >= 4 is 17.5 Å². The van der Waals surface area contributed by atoms with Crippen LogP contribution in [0, 0.1) is 11.8 Å². The van der Waals surface area contributed by atoms with Gasteiger partial charge in [-0.25, -0.2) is 0 Å². The summed E-state index contributed by atoms with van der Waals surface area (Å²) < 4.78 is 5.43. The molecule has 1 heterocycles. The van der Waals surface area contributed by atoms with Crippen LogP contribution in [-0.2, 0) is 4.79 Å². The maximum atomic E-state index is 12.1. The van der Waals surface area contributed by atoms with E-state index >= 15 is 0 Å². The summed E-state index contributed by atoms with van der Waals surface area (Å²) in [6.07, 6.45) is 2.85. The molecule has 0 bridgehead atoms. The van der Waals surface area contributed by atoms with E-state index in [1.807, 2.05) is 12.1 Å². The summed E-state index contributed by atoms with van der Waals surface area (Å²) in [5.41, 5.74) is 0.834. The van der Waals surface area contributed by atoms with Crippen molar-refractivity contribution in [3.63, 3.8) is 0 Å². The van der Waals surface area contributed by atoms with Crippen molar-refractivity contribution in [1.29, 1.82) is 0 Å². The lowest BCUT2D eigenvalue weighted by Crippen LogP contribution is -2.33. The Kier molecular flexibility index (Phi) is 4.66. The minimum Gasteiger partial charge on any atom is -0.344 e. The van der Waals surface area contributed by atoms with Gasteiger partial charge in [0.2, 0.25) is 17.6 Å². The van der Waals surface area contributed by atoms with Gasteiger partial charge in [0.05, 0.1) is 0 Å². The van der Waals surface area contributed by atoms with E-state index in [2.05, 4.69) is 29.3 Å². The van der Waals surface area contributed by atoms with Crippen molar-refractivity contribution < 1.29 is 9.32 Å². The maximum absolute atomic E-state index is 12.1. The first kappa shape index (κ1) is 16.0. The van der Waals surface area contributed by atoms with E-state index in [0.29, 0.717) is 16.7 Å². The molecule has 6 heteroatoms. The fourth-order valence-electron chi connectivity index (χ4n) is 2.38. The highest BCUT2D eigenvalue weighted by atomic mass is 35.5. The zero-order valence-electron chi connectivity index (χ0n) is 13.3. The molecule has 2 aromatic rings. The van der Waals surface area contributed by atoms with E-state index in [-0.39, 0.29) is 23.8 Å². The number of benzene rings is 1. The van der Waals surface area contributed by atoms with Gasteiger partial charge in [0.15, 0.2) is 0 Å². The molecule has 122 valence electrons. The van der Waals surface area contributed by atoms with E-state index in [1.165, 1.54) is 0 Å². The fraction of sp³-hybridized carbons (Fsp3) is 0.471. The van der Waals surface area contributed by atoms with Crippen molar-refractivity contribution in [1.82, 2.24) is 15.5 Å². The maximum Gasteiger partial charge on any atom is 0.249 e. The number of halogens is 1. The molecule has 1 fully saturated rings. The third-order valence-electron chi connectivity index (χ3n) is 4.27. The van der Waals surface area contributed by atoms with Crippen LogP contribution in [0.1, 0.15) is 45.0 Å². The van der Waals surface area contributed by atoms with Gasteiger partial charge in [-0.3, -0.25) is 4.79 Å². The molecule has 0 saturated heterocycles. The molecular formula is C17H20ClN3O2. The summed E-state index contributed by atoms with van der Waals surface area (Å²) in [5.74, 6) is 1.42. The molecule has 1 aromatic carbocycles. The Morgan fingerprint density at radius 1 is 1.39 bits per heavy atom. The molecule has 0 radical (unpaired) electrons. The van der Waals surface area contributed by atoms with Gasteiger partial charge in [0.25, 0.3) is 0 Å². The Labute approximate surface area is 140 Å². The van der Waals surface area contributed by atoms with Crippen LogP contribution in [0.15, 0.2) is 28.8 Å². The van der Waals surface area contributed by atoms with E-state index in [1.54, 1.807) is 12.1 Å². The van der Waals surface area contributed by atoms with E-state index < -0.39 is 0 Å². The van der Waals surface area contributed by atoms with Crippen molar-refractivity contribution in [3.05, 3.63) is 35.2 Å². The number of rotatable bonds is 6. The Bertz CT molecular complexity index is 679. The van der Waals surface area contributed by atoms with Gasteiger partial charge in [0, 0.05) is 16.5 Å². The summed E-state index contributed by atoms with van der Waals surface area (Å²) in [7, 11) is 0. The summed E-state index contributed by atoms with van der Waals surface area (Å²) in [5, 5.41) is 7.76. The van der Waals surface area contributed by atoms with E-state index in [0.717, 1.165) is 24.8 Å². The van der Waals surface area contributed by atoms with Gasteiger partial charge >= 0.3 is 0 Å². The summed E-state index contributed by atoms with van der Waals surface area (Å²) in [6.45, 7) is 4.15. The monoisotopic (exact) mass is 333 g/mol. The molecular weight excluding hydrogens is 314 g/mol. The highest BCUT2D eigenvalue weighted by Crippen LogP contribution is 2.32. The normalized spacial score (nSPS) is 16.8. The second-order valence-corrected chi connectivity index (χ2v) is 6.55. The molecule has 2 atom stereocenters. The molecule has 1 aliphatic rings. The zero-order chi connectivity index (χ0) is 16.4. The largest absolute Gasteiger partial charge is 0.344 e. The molecule has 1 saturated carbocycles. The Morgan fingerprint density at radius 2 is 2.09 bits per heavy atom. The number of hydrogen-bond donors (Lipinski definition) is 1. The van der Waals surface area contributed by atoms with Crippen LogP contribution in [0.3, 0.4) is 0 Å². The number of nitrogens with one attached hydrogen (secondary N) is 1. The van der Waals surface area contributed by atoms with Gasteiger partial charge in [-0.05, 0) is 43.0 Å². The smallest absolute Gasteiger partial charge is 0.249 e. The highest BCUT2D eigenvalue weighted by molar-refractivity contribution is 6.30. The summed E-state index contributed by atoms with van der Waals surface area (Å²) in [6, 6.07) is 7.01. The Morgan fingerprint density at radius 3 is 2.70 bits per heavy atom. The number of nitrogens with zero attached hydrogens (tertiary/aromatic N) is 2. The molecule has 0 spiro atoms. The van der Waals surface area contributed by atoms with Crippen molar-refractivity contribution in [2.45, 2.75) is 39.2 Å².